The maximum absolute atomic E-state index is 5.99. The fraction of sp³-hybridized carbons (Fsp3) is 0.154. The van der Waals surface area contributed by atoms with Gasteiger partial charge in [0.2, 0.25) is 0 Å². The second-order valence-corrected chi connectivity index (χ2v) is 10.2. The van der Waals surface area contributed by atoms with Crippen LogP contribution >= 0.6 is 27.3 Å². The van der Waals surface area contributed by atoms with Crippen molar-refractivity contribution in [3.63, 3.8) is 0 Å². The van der Waals surface area contributed by atoms with Crippen LogP contribution in [0.2, 0.25) is 0 Å². The van der Waals surface area contributed by atoms with E-state index in [0.717, 1.165) is 58.9 Å². The van der Waals surface area contributed by atoms with E-state index in [2.05, 4.69) is 28.9 Å². The van der Waals surface area contributed by atoms with E-state index in [1.54, 1.807) is 29.3 Å². The molecule has 0 atom stereocenters. The number of nitrogens with zero attached hydrogens (tertiary/aromatic N) is 5. The normalized spacial score (nSPS) is 11.5. The lowest BCUT2D eigenvalue weighted by Gasteiger charge is -2.11. The van der Waals surface area contributed by atoms with E-state index in [0.29, 0.717) is 12.4 Å². The molecular weight excluding hydrogens is 526 g/mol. The van der Waals surface area contributed by atoms with Crippen LogP contribution in [0.1, 0.15) is 16.8 Å². The highest BCUT2D eigenvalue weighted by molar-refractivity contribution is 9.10. The molecule has 4 aromatic heterocycles. The highest BCUT2D eigenvalue weighted by Crippen LogP contribution is 2.36. The van der Waals surface area contributed by atoms with Gasteiger partial charge in [0.15, 0.2) is 11.5 Å². The molecule has 9 heteroatoms. The Morgan fingerprint density at radius 1 is 1.03 bits per heavy atom. The van der Waals surface area contributed by atoms with E-state index in [9.17, 15) is 0 Å². The molecule has 0 bridgehead atoms. The third-order valence-corrected chi connectivity index (χ3v) is 7.44. The van der Waals surface area contributed by atoms with Crippen molar-refractivity contribution in [1.82, 2.24) is 24.6 Å². The summed E-state index contributed by atoms with van der Waals surface area (Å²) < 4.78 is 15.3. The summed E-state index contributed by atoms with van der Waals surface area (Å²) in [4.78, 5) is 15.3. The summed E-state index contributed by atoms with van der Waals surface area (Å²) in [6.07, 6.45) is 1.72. The Hall–Kier alpha value is -3.56. The maximum atomic E-state index is 5.99. The Bertz CT molecular complexity index is 1730. The highest BCUT2D eigenvalue weighted by atomic mass is 79.9. The molecular formula is C26H20BrN5O2S. The largest absolute Gasteiger partial charge is 0.496 e. The van der Waals surface area contributed by atoms with E-state index in [1.807, 2.05) is 49.4 Å². The third-order valence-electron chi connectivity index (χ3n) is 5.84. The van der Waals surface area contributed by atoms with Crippen molar-refractivity contribution in [2.24, 2.45) is 0 Å². The number of pyridine rings is 1. The Balaban J connectivity index is 1.41. The maximum Gasteiger partial charge on any atom is 0.182 e. The van der Waals surface area contributed by atoms with Gasteiger partial charge in [-0.15, -0.1) is 16.4 Å². The predicted octanol–water partition coefficient (Wildman–Crippen LogP) is 6.52. The summed E-state index contributed by atoms with van der Waals surface area (Å²) in [5, 5.41) is 5.79. The van der Waals surface area contributed by atoms with Crippen molar-refractivity contribution in [3.05, 3.63) is 76.2 Å². The first-order valence-corrected chi connectivity index (χ1v) is 12.6. The zero-order chi connectivity index (χ0) is 24.1. The zero-order valence-corrected chi connectivity index (χ0v) is 21.6. The number of aromatic nitrogens is 5. The van der Waals surface area contributed by atoms with Crippen LogP contribution in [0.4, 0.5) is 0 Å². The standard InChI is InChI=1S/C26H20BrN5O2S/c1-14-10-15(2)29-26-21(14)22-23(35-26)25-30-24(31-32(25)13-28-22)16-4-9-20(33-3)17(11-16)12-34-19-7-5-18(27)6-8-19/h4-11,13H,12H2,1-3H3. The Kier molecular flexibility index (Phi) is 5.38. The minimum Gasteiger partial charge on any atom is -0.496 e. The number of hydrogen-bond donors (Lipinski definition) is 0. The second kappa shape index (κ2) is 8.58. The average Bonchev–Trinajstić information content (AvgIpc) is 3.45. The van der Waals surface area contributed by atoms with Gasteiger partial charge >= 0.3 is 0 Å². The highest BCUT2D eigenvalue weighted by Gasteiger charge is 2.17. The molecule has 0 aliphatic heterocycles. The second-order valence-electron chi connectivity index (χ2n) is 8.26. The average molecular weight is 546 g/mol. The molecule has 2 aromatic carbocycles. The number of ether oxygens (including phenoxy) is 2. The van der Waals surface area contributed by atoms with E-state index < -0.39 is 0 Å². The van der Waals surface area contributed by atoms with E-state index in [-0.39, 0.29) is 0 Å². The summed E-state index contributed by atoms with van der Waals surface area (Å²) in [6, 6.07) is 15.7. The number of benzene rings is 2. The molecule has 0 spiro atoms. The van der Waals surface area contributed by atoms with Gasteiger partial charge in [-0.2, -0.15) is 0 Å². The van der Waals surface area contributed by atoms with Crippen molar-refractivity contribution < 1.29 is 9.47 Å². The van der Waals surface area contributed by atoms with Gasteiger partial charge in [0, 0.05) is 26.7 Å². The minimum absolute atomic E-state index is 0.360. The molecule has 4 heterocycles. The van der Waals surface area contributed by atoms with Crippen LogP contribution in [0.5, 0.6) is 11.5 Å². The quantitative estimate of drug-likeness (QED) is 0.245. The summed E-state index contributed by atoms with van der Waals surface area (Å²) >= 11 is 5.05. The van der Waals surface area contributed by atoms with Crippen LogP contribution in [-0.4, -0.2) is 31.7 Å². The fourth-order valence-corrected chi connectivity index (χ4v) is 5.70. The Morgan fingerprint density at radius 2 is 1.86 bits per heavy atom. The molecule has 0 saturated heterocycles. The molecule has 0 aliphatic rings. The minimum atomic E-state index is 0.360. The molecule has 6 aromatic rings. The van der Waals surface area contributed by atoms with Crippen molar-refractivity contribution in [2.75, 3.05) is 7.11 Å². The van der Waals surface area contributed by atoms with Crippen molar-refractivity contribution in [1.29, 1.82) is 0 Å². The lowest BCUT2D eigenvalue weighted by Crippen LogP contribution is -1.99. The third kappa shape index (κ3) is 3.90. The first kappa shape index (κ1) is 21.9. The van der Waals surface area contributed by atoms with Crippen LogP contribution < -0.4 is 9.47 Å². The van der Waals surface area contributed by atoms with Gasteiger partial charge in [0.05, 0.1) is 12.6 Å². The van der Waals surface area contributed by atoms with E-state index in [1.165, 1.54) is 5.56 Å². The van der Waals surface area contributed by atoms with Crippen LogP contribution in [-0.2, 0) is 6.61 Å². The molecule has 0 aliphatic carbocycles. The number of fused-ring (bicyclic) bond motifs is 5. The summed E-state index contributed by atoms with van der Waals surface area (Å²) in [6.45, 7) is 4.47. The van der Waals surface area contributed by atoms with E-state index in [4.69, 9.17) is 29.5 Å². The SMILES string of the molecule is COc1ccc(-c2nc3c4sc5nc(C)cc(C)c5c4ncn3n2)cc1COc1ccc(Br)cc1. The molecule has 0 N–H and O–H groups in total. The molecule has 0 amide bonds. The number of aryl methyl sites for hydroxylation is 2. The molecule has 0 radical (unpaired) electrons. The van der Waals surface area contributed by atoms with Gasteiger partial charge in [0.25, 0.3) is 0 Å². The van der Waals surface area contributed by atoms with Crippen molar-refractivity contribution in [3.8, 4) is 22.9 Å². The van der Waals surface area contributed by atoms with Gasteiger partial charge in [-0.1, -0.05) is 15.9 Å². The molecule has 0 fully saturated rings. The topological polar surface area (TPSA) is 74.4 Å². The number of methoxy groups -OCH3 is 1. The molecule has 35 heavy (non-hydrogen) atoms. The van der Waals surface area contributed by atoms with Crippen LogP contribution in [0.25, 0.3) is 37.5 Å². The Morgan fingerprint density at radius 3 is 2.66 bits per heavy atom. The first-order valence-electron chi connectivity index (χ1n) is 11.0. The van der Waals surface area contributed by atoms with Gasteiger partial charge < -0.3 is 9.47 Å². The van der Waals surface area contributed by atoms with Gasteiger partial charge in [-0.25, -0.2) is 19.5 Å². The van der Waals surface area contributed by atoms with E-state index >= 15 is 0 Å². The van der Waals surface area contributed by atoms with Gasteiger partial charge in [0.1, 0.15) is 34.0 Å². The number of hydrogen-bond acceptors (Lipinski definition) is 7. The summed E-state index contributed by atoms with van der Waals surface area (Å²) in [5.41, 5.74) is 5.64. The van der Waals surface area contributed by atoms with Crippen molar-refractivity contribution in [2.45, 2.75) is 20.5 Å². The monoisotopic (exact) mass is 545 g/mol. The number of halogens is 1. The van der Waals surface area contributed by atoms with Crippen molar-refractivity contribution >= 4 is 53.3 Å². The van der Waals surface area contributed by atoms with Crippen LogP contribution in [0.15, 0.2) is 59.3 Å². The molecule has 6 rings (SSSR count). The molecule has 174 valence electrons. The molecule has 0 saturated carbocycles. The van der Waals surface area contributed by atoms with Crippen LogP contribution in [0.3, 0.4) is 0 Å². The first-order chi connectivity index (χ1) is 17.0. The molecule has 0 unspecified atom stereocenters. The van der Waals surface area contributed by atoms with Gasteiger partial charge in [-0.05, 0) is 67.9 Å². The lowest BCUT2D eigenvalue weighted by atomic mass is 10.1. The van der Waals surface area contributed by atoms with Gasteiger partial charge in [-0.3, -0.25) is 0 Å². The fourth-order valence-electron chi connectivity index (χ4n) is 4.21. The Labute approximate surface area is 213 Å². The molecule has 7 nitrogen and oxygen atoms in total. The lowest BCUT2D eigenvalue weighted by molar-refractivity contribution is 0.296. The number of rotatable bonds is 5. The summed E-state index contributed by atoms with van der Waals surface area (Å²) in [5.74, 6) is 2.15. The summed E-state index contributed by atoms with van der Waals surface area (Å²) in [7, 11) is 1.66. The van der Waals surface area contributed by atoms with Crippen LogP contribution in [0, 0.1) is 13.8 Å². The smallest absolute Gasteiger partial charge is 0.182 e. The number of thiophene rings is 1. The predicted molar refractivity (Wildman–Crippen MR) is 141 cm³/mol. The zero-order valence-electron chi connectivity index (χ0n) is 19.2.